The van der Waals surface area contributed by atoms with Crippen LogP contribution in [0.25, 0.3) is 0 Å². The van der Waals surface area contributed by atoms with Crippen molar-refractivity contribution in [1.29, 1.82) is 0 Å². The van der Waals surface area contributed by atoms with E-state index in [2.05, 4.69) is 10.6 Å². The van der Waals surface area contributed by atoms with Crippen molar-refractivity contribution in [3.05, 3.63) is 29.8 Å². The topological polar surface area (TPSA) is 78.5 Å². The number of rotatable bonds is 5. The van der Waals surface area contributed by atoms with Gasteiger partial charge in [0, 0.05) is 14.1 Å². The molecule has 1 aliphatic rings. The molecule has 128 valence electrons. The molecule has 0 radical (unpaired) electrons. The van der Waals surface area contributed by atoms with Gasteiger partial charge in [-0.3, -0.25) is 4.79 Å². The Morgan fingerprint density at radius 3 is 2.43 bits per heavy atom. The first-order chi connectivity index (χ1) is 10.8. The smallest absolute Gasteiger partial charge is 0.242 e. The summed E-state index contributed by atoms with van der Waals surface area (Å²) in [5, 5.41) is 6.21. The minimum atomic E-state index is -3.42. The second-order valence-electron chi connectivity index (χ2n) is 6.09. The largest absolute Gasteiger partial charge is 0.348 e. The predicted molar refractivity (Wildman–Crippen MR) is 89.5 cm³/mol. The maximum atomic E-state index is 12.2. The van der Waals surface area contributed by atoms with Crippen LogP contribution in [0.5, 0.6) is 0 Å². The van der Waals surface area contributed by atoms with E-state index >= 15 is 0 Å². The van der Waals surface area contributed by atoms with Gasteiger partial charge in [0.2, 0.25) is 15.9 Å². The van der Waals surface area contributed by atoms with Crippen LogP contribution in [0.3, 0.4) is 0 Å². The lowest BCUT2D eigenvalue weighted by atomic mass is 10.0. The molecule has 0 aromatic heterocycles. The fourth-order valence-corrected chi connectivity index (χ4v) is 3.51. The SMILES string of the molecule is CC(NC(=O)C1CCCCN1)c1ccc(S(=O)(=O)N(C)C)cc1. The molecule has 1 heterocycles. The molecule has 1 fully saturated rings. The third-order valence-corrected chi connectivity index (χ3v) is 5.97. The first kappa shape index (κ1) is 17.9. The van der Waals surface area contributed by atoms with Gasteiger partial charge in [-0.25, -0.2) is 12.7 Å². The molecule has 1 aromatic carbocycles. The van der Waals surface area contributed by atoms with Crippen molar-refractivity contribution >= 4 is 15.9 Å². The van der Waals surface area contributed by atoms with E-state index in [4.69, 9.17) is 0 Å². The Kier molecular flexibility index (Phi) is 5.78. The van der Waals surface area contributed by atoms with Crippen LogP contribution in [0.4, 0.5) is 0 Å². The predicted octanol–water partition coefficient (Wildman–Crippen LogP) is 1.26. The monoisotopic (exact) mass is 339 g/mol. The Morgan fingerprint density at radius 1 is 1.26 bits per heavy atom. The maximum absolute atomic E-state index is 12.2. The molecule has 2 N–H and O–H groups in total. The van der Waals surface area contributed by atoms with Crippen molar-refractivity contribution in [2.75, 3.05) is 20.6 Å². The summed E-state index contributed by atoms with van der Waals surface area (Å²) in [6, 6.07) is 6.35. The standard InChI is InChI=1S/C16H25N3O3S/c1-12(18-16(20)15-6-4-5-11-17-15)13-7-9-14(10-8-13)23(21,22)19(2)3/h7-10,12,15,17H,4-6,11H2,1-3H3,(H,18,20). The van der Waals surface area contributed by atoms with E-state index in [1.54, 1.807) is 24.3 Å². The molecule has 0 spiro atoms. The van der Waals surface area contributed by atoms with E-state index in [9.17, 15) is 13.2 Å². The van der Waals surface area contributed by atoms with Gasteiger partial charge < -0.3 is 10.6 Å². The summed E-state index contributed by atoms with van der Waals surface area (Å²) >= 11 is 0. The zero-order valence-electron chi connectivity index (χ0n) is 13.9. The van der Waals surface area contributed by atoms with Crippen LogP contribution in [0.1, 0.15) is 37.8 Å². The summed E-state index contributed by atoms with van der Waals surface area (Å²) in [7, 11) is -0.417. The van der Waals surface area contributed by atoms with E-state index < -0.39 is 10.0 Å². The molecular weight excluding hydrogens is 314 g/mol. The summed E-state index contributed by atoms with van der Waals surface area (Å²) in [5.41, 5.74) is 0.881. The number of carbonyl (C=O) groups excluding carboxylic acids is 1. The minimum absolute atomic E-state index is 0.00203. The summed E-state index contributed by atoms with van der Waals surface area (Å²) in [4.78, 5) is 12.5. The molecule has 0 saturated carbocycles. The number of nitrogens with one attached hydrogen (secondary N) is 2. The van der Waals surface area contributed by atoms with Crippen molar-refractivity contribution in [2.24, 2.45) is 0 Å². The minimum Gasteiger partial charge on any atom is -0.348 e. The fourth-order valence-electron chi connectivity index (χ4n) is 2.61. The molecule has 7 heteroatoms. The highest BCUT2D eigenvalue weighted by Gasteiger charge is 2.22. The third-order valence-electron chi connectivity index (χ3n) is 4.14. The number of benzene rings is 1. The van der Waals surface area contributed by atoms with Gasteiger partial charge in [-0.1, -0.05) is 18.6 Å². The van der Waals surface area contributed by atoms with Gasteiger partial charge in [0.25, 0.3) is 0 Å². The van der Waals surface area contributed by atoms with Gasteiger partial charge >= 0.3 is 0 Å². The van der Waals surface area contributed by atoms with Crippen LogP contribution in [-0.4, -0.2) is 45.3 Å². The number of piperidine rings is 1. The second-order valence-corrected chi connectivity index (χ2v) is 8.24. The van der Waals surface area contributed by atoms with Gasteiger partial charge in [-0.05, 0) is 44.0 Å². The van der Waals surface area contributed by atoms with Crippen molar-refractivity contribution in [1.82, 2.24) is 14.9 Å². The highest BCUT2D eigenvalue weighted by Crippen LogP contribution is 2.18. The van der Waals surface area contributed by atoms with Crippen LogP contribution in [0.15, 0.2) is 29.2 Å². The normalized spacial score (nSPS) is 20.3. The van der Waals surface area contributed by atoms with Gasteiger partial charge in [-0.15, -0.1) is 0 Å². The highest BCUT2D eigenvalue weighted by atomic mass is 32.2. The molecule has 2 atom stereocenters. The molecule has 2 rings (SSSR count). The van der Waals surface area contributed by atoms with Crippen molar-refractivity contribution < 1.29 is 13.2 Å². The van der Waals surface area contributed by atoms with Crippen LogP contribution < -0.4 is 10.6 Å². The molecule has 1 amide bonds. The van der Waals surface area contributed by atoms with Gasteiger partial charge in [0.15, 0.2) is 0 Å². The molecular formula is C16H25N3O3S. The number of hydrogen-bond acceptors (Lipinski definition) is 4. The molecule has 1 aromatic rings. The third kappa shape index (κ3) is 4.31. The molecule has 23 heavy (non-hydrogen) atoms. The van der Waals surface area contributed by atoms with Crippen LogP contribution >= 0.6 is 0 Å². The van der Waals surface area contributed by atoms with E-state index in [0.29, 0.717) is 0 Å². The average molecular weight is 339 g/mol. The Labute approximate surface area is 138 Å². The average Bonchev–Trinajstić information content (AvgIpc) is 2.55. The van der Waals surface area contributed by atoms with Crippen LogP contribution in [0.2, 0.25) is 0 Å². The summed E-state index contributed by atoms with van der Waals surface area (Å²) < 4.78 is 25.3. The molecule has 0 aliphatic carbocycles. The summed E-state index contributed by atoms with van der Waals surface area (Å²) in [6.45, 7) is 2.78. The lowest BCUT2D eigenvalue weighted by Gasteiger charge is -2.24. The van der Waals surface area contributed by atoms with E-state index in [1.807, 2.05) is 6.92 Å². The number of hydrogen-bond donors (Lipinski definition) is 2. The van der Waals surface area contributed by atoms with Crippen molar-refractivity contribution in [3.8, 4) is 0 Å². The molecule has 1 aliphatic heterocycles. The number of amides is 1. The summed E-state index contributed by atoms with van der Waals surface area (Å²) in [6.07, 6.45) is 3.04. The van der Waals surface area contributed by atoms with Crippen molar-refractivity contribution in [3.63, 3.8) is 0 Å². The van der Waals surface area contributed by atoms with Gasteiger partial charge in [0.05, 0.1) is 17.0 Å². The number of nitrogens with zero attached hydrogens (tertiary/aromatic N) is 1. The molecule has 1 saturated heterocycles. The first-order valence-electron chi connectivity index (χ1n) is 7.88. The highest BCUT2D eigenvalue weighted by molar-refractivity contribution is 7.89. The second kappa shape index (κ2) is 7.42. The quantitative estimate of drug-likeness (QED) is 0.846. The van der Waals surface area contributed by atoms with Crippen LogP contribution in [0, 0.1) is 0 Å². The Balaban J connectivity index is 2.02. The lowest BCUT2D eigenvalue weighted by molar-refractivity contribution is -0.124. The van der Waals surface area contributed by atoms with Crippen molar-refractivity contribution in [2.45, 2.75) is 43.2 Å². The number of carbonyl (C=O) groups is 1. The molecule has 0 bridgehead atoms. The molecule has 6 nitrogen and oxygen atoms in total. The zero-order chi connectivity index (χ0) is 17.0. The Hall–Kier alpha value is -1.44. The molecule has 2 unspecified atom stereocenters. The van der Waals surface area contributed by atoms with E-state index in [-0.39, 0.29) is 22.9 Å². The van der Waals surface area contributed by atoms with E-state index in [1.165, 1.54) is 18.4 Å². The maximum Gasteiger partial charge on any atom is 0.242 e. The Bertz CT molecular complexity index is 635. The van der Waals surface area contributed by atoms with Gasteiger partial charge in [0.1, 0.15) is 0 Å². The van der Waals surface area contributed by atoms with Gasteiger partial charge in [-0.2, -0.15) is 0 Å². The van der Waals surface area contributed by atoms with E-state index in [0.717, 1.165) is 31.4 Å². The lowest BCUT2D eigenvalue weighted by Crippen LogP contribution is -2.47. The number of sulfonamides is 1. The Morgan fingerprint density at radius 2 is 1.91 bits per heavy atom. The van der Waals surface area contributed by atoms with Crippen LogP contribution in [-0.2, 0) is 14.8 Å². The fraction of sp³-hybridized carbons (Fsp3) is 0.562. The first-order valence-corrected chi connectivity index (χ1v) is 9.32. The summed E-state index contributed by atoms with van der Waals surface area (Å²) in [5.74, 6) is 0.00203. The zero-order valence-corrected chi connectivity index (χ0v) is 14.7.